The van der Waals surface area contributed by atoms with E-state index in [9.17, 15) is 0 Å². The van der Waals surface area contributed by atoms with Crippen molar-refractivity contribution in [3.63, 3.8) is 0 Å². The number of rotatable bonds is 2. The van der Waals surface area contributed by atoms with E-state index in [1.807, 2.05) is 48.0 Å². The fourth-order valence-corrected chi connectivity index (χ4v) is 2.45. The molecule has 0 radical (unpaired) electrons. The topological polar surface area (TPSA) is 30.7 Å². The fourth-order valence-electron chi connectivity index (χ4n) is 2.09. The minimum atomic E-state index is 0.321. The van der Waals surface area contributed by atoms with Gasteiger partial charge >= 0.3 is 0 Å². The van der Waals surface area contributed by atoms with Crippen LogP contribution < -0.4 is 0 Å². The van der Waals surface area contributed by atoms with Crippen molar-refractivity contribution >= 4 is 34.4 Å². The van der Waals surface area contributed by atoms with Crippen molar-refractivity contribution in [1.29, 1.82) is 0 Å². The van der Waals surface area contributed by atoms with Crippen LogP contribution in [0, 0.1) is 6.92 Å². The molecule has 0 amide bonds. The number of hydrogen-bond donors (Lipinski definition) is 0. The number of nitrogens with zero attached hydrogens (tertiary/aromatic N) is 3. The van der Waals surface area contributed by atoms with Gasteiger partial charge in [-0.1, -0.05) is 17.7 Å². The molecular formula is C14H11Cl2N3. The summed E-state index contributed by atoms with van der Waals surface area (Å²) in [5, 5.41) is 0.673. The SMILES string of the molecule is Cc1cnc2c(c1)nc(CCl)n2-c1cccc(Cl)c1. The van der Waals surface area contributed by atoms with Crippen molar-refractivity contribution in [3.8, 4) is 5.69 Å². The van der Waals surface area contributed by atoms with Gasteiger partial charge in [0.1, 0.15) is 11.3 Å². The highest BCUT2D eigenvalue weighted by Gasteiger charge is 2.13. The van der Waals surface area contributed by atoms with E-state index in [0.717, 1.165) is 28.2 Å². The van der Waals surface area contributed by atoms with Crippen LogP contribution in [0.5, 0.6) is 0 Å². The number of hydrogen-bond acceptors (Lipinski definition) is 2. The smallest absolute Gasteiger partial charge is 0.164 e. The third-order valence-corrected chi connectivity index (χ3v) is 3.36. The second-order valence-corrected chi connectivity index (χ2v) is 5.04. The molecular weight excluding hydrogens is 281 g/mol. The maximum atomic E-state index is 6.05. The summed E-state index contributed by atoms with van der Waals surface area (Å²) in [4.78, 5) is 8.98. The number of alkyl halides is 1. The van der Waals surface area contributed by atoms with Gasteiger partial charge in [0, 0.05) is 11.2 Å². The van der Waals surface area contributed by atoms with Gasteiger partial charge in [0.25, 0.3) is 0 Å². The van der Waals surface area contributed by atoms with E-state index >= 15 is 0 Å². The first kappa shape index (κ1) is 12.5. The summed E-state index contributed by atoms with van der Waals surface area (Å²) in [6.45, 7) is 1.99. The maximum absolute atomic E-state index is 6.05. The highest BCUT2D eigenvalue weighted by atomic mass is 35.5. The molecule has 0 aliphatic carbocycles. The van der Waals surface area contributed by atoms with Gasteiger partial charge in [-0.15, -0.1) is 11.6 Å². The second kappa shape index (κ2) is 4.83. The molecule has 3 aromatic rings. The van der Waals surface area contributed by atoms with Gasteiger partial charge in [-0.05, 0) is 36.8 Å². The molecule has 0 spiro atoms. The molecule has 0 fully saturated rings. The summed E-state index contributed by atoms with van der Waals surface area (Å²) in [6, 6.07) is 9.57. The molecule has 0 aliphatic rings. The lowest BCUT2D eigenvalue weighted by molar-refractivity contribution is 0.969. The van der Waals surface area contributed by atoms with Crippen LogP contribution in [0.4, 0.5) is 0 Å². The number of imidazole rings is 1. The molecule has 0 saturated carbocycles. The molecule has 0 unspecified atom stereocenters. The first-order valence-corrected chi connectivity index (χ1v) is 6.76. The Morgan fingerprint density at radius 2 is 2.11 bits per heavy atom. The Balaban J connectivity index is 2.32. The van der Waals surface area contributed by atoms with E-state index < -0.39 is 0 Å². The molecule has 5 heteroatoms. The minimum absolute atomic E-state index is 0.321. The molecule has 3 nitrogen and oxygen atoms in total. The Hall–Kier alpha value is -1.58. The van der Waals surface area contributed by atoms with Gasteiger partial charge in [0.15, 0.2) is 5.65 Å². The summed E-state index contributed by atoms with van der Waals surface area (Å²) < 4.78 is 1.94. The van der Waals surface area contributed by atoms with Gasteiger partial charge in [-0.3, -0.25) is 4.57 Å². The molecule has 19 heavy (non-hydrogen) atoms. The zero-order valence-corrected chi connectivity index (χ0v) is 11.8. The molecule has 0 aliphatic heterocycles. The molecule has 0 atom stereocenters. The van der Waals surface area contributed by atoms with E-state index in [-0.39, 0.29) is 0 Å². The number of aromatic nitrogens is 3. The van der Waals surface area contributed by atoms with Crippen LogP contribution in [0.3, 0.4) is 0 Å². The first-order chi connectivity index (χ1) is 9.19. The van der Waals surface area contributed by atoms with E-state index in [1.165, 1.54) is 0 Å². The molecule has 2 heterocycles. The summed E-state index contributed by atoms with van der Waals surface area (Å²) in [5.41, 5.74) is 3.63. The van der Waals surface area contributed by atoms with E-state index in [2.05, 4.69) is 9.97 Å². The highest BCUT2D eigenvalue weighted by Crippen LogP contribution is 2.23. The lowest BCUT2D eigenvalue weighted by Gasteiger charge is -2.07. The largest absolute Gasteiger partial charge is 0.280 e. The number of halogens is 2. The van der Waals surface area contributed by atoms with Gasteiger partial charge in [-0.2, -0.15) is 0 Å². The molecule has 0 N–H and O–H groups in total. The van der Waals surface area contributed by atoms with Crippen LogP contribution in [0.25, 0.3) is 16.9 Å². The van der Waals surface area contributed by atoms with Gasteiger partial charge in [0.05, 0.1) is 11.6 Å². The normalized spacial score (nSPS) is 11.1. The van der Waals surface area contributed by atoms with E-state index in [1.54, 1.807) is 0 Å². The first-order valence-electron chi connectivity index (χ1n) is 5.85. The van der Waals surface area contributed by atoms with Crippen LogP contribution in [0.2, 0.25) is 5.02 Å². The Bertz CT molecular complexity index is 750. The van der Waals surface area contributed by atoms with E-state index in [4.69, 9.17) is 23.2 Å². The molecule has 2 aromatic heterocycles. The maximum Gasteiger partial charge on any atom is 0.164 e. The number of fused-ring (bicyclic) bond motifs is 1. The van der Waals surface area contributed by atoms with Crippen LogP contribution >= 0.6 is 23.2 Å². The van der Waals surface area contributed by atoms with Crippen molar-refractivity contribution in [3.05, 3.63) is 52.9 Å². The molecule has 0 saturated heterocycles. The van der Waals surface area contributed by atoms with Gasteiger partial charge in [-0.25, -0.2) is 9.97 Å². The van der Waals surface area contributed by atoms with Crippen LogP contribution in [-0.4, -0.2) is 14.5 Å². The Labute approximate surface area is 120 Å². The Morgan fingerprint density at radius 1 is 1.26 bits per heavy atom. The van der Waals surface area contributed by atoms with Crippen molar-refractivity contribution in [1.82, 2.24) is 14.5 Å². The van der Waals surface area contributed by atoms with Crippen molar-refractivity contribution in [2.75, 3.05) is 0 Å². The Kier molecular flexibility index (Phi) is 3.17. The van der Waals surface area contributed by atoms with Gasteiger partial charge < -0.3 is 0 Å². The monoisotopic (exact) mass is 291 g/mol. The number of benzene rings is 1. The van der Waals surface area contributed by atoms with Crippen molar-refractivity contribution < 1.29 is 0 Å². The zero-order chi connectivity index (χ0) is 13.4. The summed E-state index contributed by atoms with van der Waals surface area (Å²) in [5.74, 6) is 1.08. The predicted molar refractivity (Wildman–Crippen MR) is 78.2 cm³/mol. The standard InChI is InChI=1S/C14H11Cl2N3/c1-9-5-12-14(17-8-9)19(13(7-15)18-12)11-4-2-3-10(16)6-11/h2-6,8H,7H2,1H3. The number of pyridine rings is 1. The number of aryl methyl sites for hydroxylation is 1. The van der Waals surface area contributed by atoms with Crippen LogP contribution in [0.1, 0.15) is 11.4 Å². The lowest BCUT2D eigenvalue weighted by Crippen LogP contribution is -2.00. The lowest BCUT2D eigenvalue weighted by atomic mass is 10.3. The third kappa shape index (κ3) is 2.20. The Morgan fingerprint density at radius 3 is 2.84 bits per heavy atom. The average molecular weight is 292 g/mol. The summed E-state index contributed by atoms with van der Waals surface area (Å²) in [6.07, 6.45) is 1.82. The van der Waals surface area contributed by atoms with Crippen molar-refractivity contribution in [2.24, 2.45) is 0 Å². The summed E-state index contributed by atoms with van der Waals surface area (Å²) in [7, 11) is 0. The minimum Gasteiger partial charge on any atom is -0.280 e. The van der Waals surface area contributed by atoms with Crippen LogP contribution in [0.15, 0.2) is 36.5 Å². The summed E-state index contributed by atoms with van der Waals surface area (Å²) >= 11 is 12.0. The molecule has 1 aromatic carbocycles. The predicted octanol–water partition coefficient (Wildman–Crippen LogP) is 4.12. The average Bonchev–Trinajstić information content (AvgIpc) is 2.76. The van der Waals surface area contributed by atoms with Gasteiger partial charge in [0.2, 0.25) is 0 Å². The van der Waals surface area contributed by atoms with Crippen LogP contribution in [-0.2, 0) is 5.88 Å². The fraction of sp³-hybridized carbons (Fsp3) is 0.143. The third-order valence-electron chi connectivity index (χ3n) is 2.89. The van der Waals surface area contributed by atoms with Crippen molar-refractivity contribution in [2.45, 2.75) is 12.8 Å². The zero-order valence-electron chi connectivity index (χ0n) is 10.3. The molecule has 0 bridgehead atoms. The highest BCUT2D eigenvalue weighted by molar-refractivity contribution is 6.30. The second-order valence-electron chi connectivity index (χ2n) is 4.33. The molecule has 3 rings (SSSR count). The molecule has 96 valence electrons. The quantitative estimate of drug-likeness (QED) is 0.665. The van der Waals surface area contributed by atoms with E-state index in [0.29, 0.717) is 10.9 Å².